The monoisotopic (exact) mass is 328 g/mol. The number of aryl methyl sites for hydroxylation is 1. The summed E-state index contributed by atoms with van der Waals surface area (Å²) in [7, 11) is -4.04. The molecule has 5 heteroatoms. The van der Waals surface area contributed by atoms with Crippen LogP contribution >= 0.6 is 7.82 Å². The van der Waals surface area contributed by atoms with E-state index in [1.807, 2.05) is 19.1 Å². The highest BCUT2D eigenvalue weighted by Gasteiger charge is 2.24. The van der Waals surface area contributed by atoms with Gasteiger partial charge in [-0.15, -0.1) is 0 Å². The van der Waals surface area contributed by atoms with Crippen LogP contribution in [-0.4, -0.2) is 11.5 Å². The van der Waals surface area contributed by atoms with Gasteiger partial charge in [0.2, 0.25) is 0 Å². The summed E-state index contributed by atoms with van der Waals surface area (Å²) < 4.78 is 22.2. The van der Waals surface area contributed by atoms with E-state index < -0.39 is 7.82 Å². The van der Waals surface area contributed by atoms with Gasteiger partial charge in [0.15, 0.2) is 0 Å². The summed E-state index contributed by atoms with van der Waals surface area (Å²) in [6.45, 7) is 6.48. The Labute approximate surface area is 134 Å². The van der Waals surface area contributed by atoms with E-state index in [2.05, 4.69) is 13.8 Å². The second-order valence-electron chi connectivity index (χ2n) is 5.79. The number of phosphoric acid groups is 1. The van der Waals surface area contributed by atoms with Crippen molar-refractivity contribution in [2.75, 3.05) is 6.61 Å². The van der Waals surface area contributed by atoms with Crippen LogP contribution in [0.3, 0.4) is 0 Å². The molecule has 0 radical (unpaired) electrons. The molecule has 0 aliphatic rings. The summed E-state index contributed by atoms with van der Waals surface area (Å²) in [5.74, 6) is 0.659. The number of hydrogen-bond donors (Lipinski definition) is 1. The van der Waals surface area contributed by atoms with Crippen LogP contribution in [0.1, 0.15) is 57.9 Å². The molecule has 4 nitrogen and oxygen atoms in total. The molecule has 0 saturated heterocycles. The molecular weight excluding hydrogens is 299 g/mol. The Balaban J connectivity index is 2.39. The molecule has 0 aromatic heterocycles. The third-order valence-electron chi connectivity index (χ3n) is 3.76. The lowest BCUT2D eigenvalue weighted by Gasteiger charge is -2.18. The second-order valence-corrected chi connectivity index (χ2v) is 7.17. The average molecular weight is 328 g/mol. The number of unbranched alkanes of at least 4 members (excludes halogenated alkanes) is 3. The van der Waals surface area contributed by atoms with Gasteiger partial charge in [0.1, 0.15) is 5.75 Å². The predicted molar refractivity (Wildman–Crippen MR) is 90.1 cm³/mol. The molecule has 0 heterocycles. The van der Waals surface area contributed by atoms with Gasteiger partial charge in [-0.1, -0.05) is 63.6 Å². The Morgan fingerprint density at radius 1 is 1.14 bits per heavy atom. The van der Waals surface area contributed by atoms with Gasteiger partial charge in [-0.25, -0.2) is 4.57 Å². The van der Waals surface area contributed by atoms with Crippen LogP contribution < -0.4 is 4.52 Å². The van der Waals surface area contributed by atoms with Crippen molar-refractivity contribution in [2.24, 2.45) is 5.92 Å². The van der Waals surface area contributed by atoms with E-state index in [9.17, 15) is 9.46 Å². The summed E-state index contributed by atoms with van der Waals surface area (Å²) in [6, 6.07) is 7.00. The van der Waals surface area contributed by atoms with Gasteiger partial charge in [-0.3, -0.25) is 9.42 Å². The van der Waals surface area contributed by atoms with Crippen LogP contribution in [0.5, 0.6) is 5.75 Å². The van der Waals surface area contributed by atoms with Crippen molar-refractivity contribution in [3.8, 4) is 5.75 Å². The highest BCUT2D eigenvalue weighted by Crippen LogP contribution is 2.44. The summed E-state index contributed by atoms with van der Waals surface area (Å²) in [5, 5.41) is 0. The van der Waals surface area contributed by atoms with Crippen molar-refractivity contribution in [2.45, 2.75) is 59.3 Å². The Morgan fingerprint density at radius 2 is 1.82 bits per heavy atom. The molecular formula is C17H29O4P. The molecule has 1 aromatic carbocycles. The summed E-state index contributed by atoms with van der Waals surface area (Å²) in [4.78, 5) is 9.80. The maximum absolute atomic E-state index is 12.0. The summed E-state index contributed by atoms with van der Waals surface area (Å²) in [6.07, 6.45) is 6.78. The molecule has 126 valence electrons. The fourth-order valence-corrected chi connectivity index (χ4v) is 3.06. The minimum absolute atomic E-state index is 0.266. The van der Waals surface area contributed by atoms with Crippen LogP contribution in [0.4, 0.5) is 0 Å². The van der Waals surface area contributed by atoms with Crippen LogP contribution in [-0.2, 0) is 9.09 Å². The van der Waals surface area contributed by atoms with Gasteiger partial charge < -0.3 is 4.52 Å². The van der Waals surface area contributed by atoms with Crippen molar-refractivity contribution in [3.05, 3.63) is 29.8 Å². The molecule has 0 aliphatic carbocycles. The van der Waals surface area contributed by atoms with Gasteiger partial charge in [0.25, 0.3) is 0 Å². The van der Waals surface area contributed by atoms with Gasteiger partial charge in [0, 0.05) is 0 Å². The van der Waals surface area contributed by atoms with E-state index in [4.69, 9.17) is 9.05 Å². The molecule has 1 aromatic rings. The highest BCUT2D eigenvalue weighted by molar-refractivity contribution is 7.47. The highest BCUT2D eigenvalue weighted by atomic mass is 31.2. The third-order valence-corrected chi connectivity index (χ3v) is 4.68. The SMILES string of the molecule is CCCCCCC(CC)COP(=O)(O)Oc1ccc(C)cc1. The topological polar surface area (TPSA) is 55.8 Å². The molecule has 0 saturated carbocycles. The lowest BCUT2D eigenvalue weighted by Crippen LogP contribution is -2.09. The number of phosphoric ester groups is 1. The van der Waals surface area contributed by atoms with E-state index in [1.54, 1.807) is 12.1 Å². The molecule has 0 aliphatic heterocycles. The van der Waals surface area contributed by atoms with E-state index in [0.717, 1.165) is 24.8 Å². The Hall–Kier alpha value is -0.830. The Bertz CT molecular complexity index is 458. The lowest BCUT2D eigenvalue weighted by molar-refractivity contribution is 0.165. The zero-order chi connectivity index (χ0) is 16.4. The van der Waals surface area contributed by atoms with Crippen molar-refractivity contribution < 1.29 is 18.5 Å². The first kappa shape index (κ1) is 19.2. The zero-order valence-electron chi connectivity index (χ0n) is 14.0. The first-order valence-electron chi connectivity index (χ1n) is 8.20. The van der Waals surface area contributed by atoms with Gasteiger partial charge in [0.05, 0.1) is 6.61 Å². The molecule has 2 atom stereocenters. The predicted octanol–water partition coefficient (Wildman–Crippen LogP) is 5.49. The second kappa shape index (κ2) is 10.0. The fraction of sp³-hybridized carbons (Fsp3) is 0.647. The molecule has 0 fully saturated rings. The van der Waals surface area contributed by atoms with Gasteiger partial charge in [-0.05, 0) is 31.4 Å². The largest absolute Gasteiger partial charge is 0.527 e. The number of hydrogen-bond acceptors (Lipinski definition) is 3. The maximum atomic E-state index is 12.0. The molecule has 22 heavy (non-hydrogen) atoms. The zero-order valence-corrected chi connectivity index (χ0v) is 14.9. The molecule has 0 amide bonds. The molecule has 0 spiro atoms. The molecule has 2 unspecified atom stereocenters. The smallest absolute Gasteiger partial charge is 0.404 e. The average Bonchev–Trinajstić information content (AvgIpc) is 2.49. The van der Waals surface area contributed by atoms with Crippen LogP contribution in [0.2, 0.25) is 0 Å². The number of rotatable bonds is 11. The standard InChI is InChI=1S/C17H29O4P/c1-4-6-7-8-9-16(5-2)14-20-22(18,19)21-17-12-10-15(3)11-13-17/h10-13,16H,4-9,14H2,1-3H3,(H,18,19). The van der Waals surface area contributed by atoms with Gasteiger partial charge >= 0.3 is 7.82 Å². The quantitative estimate of drug-likeness (QED) is 0.431. The van der Waals surface area contributed by atoms with Crippen molar-refractivity contribution in [1.29, 1.82) is 0 Å². The Morgan fingerprint density at radius 3 is 2.41 bits per heavy atom. The molecule has 1 N–H and O–H groups in total. The van der Waals surface area contributed by atoms with Gasteiger partial charge in [-0.2, -0.15) is 0 Å². The third kappa shape index (κ3) is 7.98. The first-order chi connectivity index (χ1) is 10.5. The fourth-order valence-electron chi connectivity index (χ4n) is 2.22. The minimum Gasteiger partial charge on any atom is -0.404 e. The van der Waals surface area contributed by atoms with Crippen molar-refractivity contribution >= 4 is 7.82 Å². The van der Waals surface area contributed by atoms with E-state index in [-0.39, 0.29) is 6.61 Å². The first-order valence-corrected chi connectivity index (χ1v) is 9.70. The van der Waals surface area contributed by atoms with E-state index in [1.165, 1.54) is 19.3 Å². The number of benzene rings is 1. The van der Waals surface area contributed by atoms with Crippen molar-refractivity contribution in [1.82, 2.24) is 0 Å². The minimum atomic E-state index is -4.04. The molecule has 0 bridgehead atoms. The van der Waals surface area contributed by atoms with Crippen LogP contribution in [0.15, 0.2) is 24.3 Å². The van der Waals surface area contributed by atoms with E-state index >= 15 is 0 Å². The van der Waals surface area contributed by atoms with Crippen molar-refractivity contribution in [3.63, 3.8) is 0 Å². The lowest BCUT2D eigenvalue weighted by atomic mass is 9.99. The van der Waals surface area contributed by atoms with E-state index in [0.29, 0.717) is 11.7 Å². The summed E-state index contributed by atoms with van der Waals surface area (Å²) >= 11 is 0. The summed E-state index contributed by atoms with van der Waals surface area (Å²) in [5.41, 5.74) is 1.07. The van der Waals surface area contributed by atoms with Crippen LogP contribution in [0.25, 0.3) is 0 Å². The Kier molecular flexibility index (Phi) is 8.77. The molecule has 1 rings (SSSR count). The van der Waals surface area contributed by atoms with Crippen LogP contribution in [0, 0.1) is 12.8 Å². The maximum Gasteiger partial charge on any atom is 0.527 e. The normalized spacial score (nSPS) is 15.3.